The Morgan fingerprint density at radius 3 is 2.63 bits per heavy atom. The molecule has 2 heterocycles. The third kappa shape index (κ3) is 4.79. The van der Waals surface area contributed by atoms with Crippen LogP contribution in [0.2, 0.25) is 0 Å². The maximum absolute atomic E-state index is 12.7. The lowest BCUT2D eigenvalue weighted by atomic mass is 9.90. The molecule has 0 radical (unpaired) electrons. The summed E-state index contributed by atoms with van der Waals surface area (Å²) in [5.74, 6) is -0.587. The van der Waals surface area contributed by atoms with E-state index in [1.54, 1.807) is 17.8 Å². The first-order valence-corrected chi connectivity index (χ1v) is 8.58. The van der Waals surface area contributed by atoms with E-state index in [0.29, 0.717) is 18.7 Å². The molecule has 1 aromatic heterocycles. The Bertz CT molecular complexity index is 789. The number of ether oxygens (including phenoxy) is 1. The maximum atomic E-state index is 12.7. The summed E-state index contributed by atoms with van der Waals surface area (Å²) in [6.45, 7) is 3.05. The van der Waals surface area contributed by atoms with Crippen molar-refractivity contribution in [1.82, 2.24) is 20.4 Å². The summed E-state index contributed by atoms with van der Waals surface area (Å²) < 4.78 is 42.3. The molecular weight excluding hydrogens is 361 g/mol. The third-order valence-corrected chi connectivity index (χ3v) is 4.68. The average Bonchev–Trinajstić information content (AvgIpc) is 3.22. The molecule has 1 aliphatic rings. The van der Waals surface area contributed by atoms with Crippen molar-refractivity contribution in [3.63, 3.8) is 0 Å². The SMILES string of the molecule is CC(NC(=O)[C@H]1CNC[C@@H]1c1cnn(C)c1)c1ccc(OC(F)(F)F)cc1. The lowest BCUT2D eigenvalue weighted by Gasteiger charge is -2.21. The van der Waals surface area contributed by atoms with Gasteiger partial charge in [0, 0.05) is 32.3 Å². The molecule has 3 atom stereocenters. The topological polar surface area (TPSA) is 68.2 Å². The van der Waals surface area contributed by atoms with E-state index in [1.165, 1.54) is 24.3 Å². The van der Waals surface area contributed by atoms with E-state index < -0.39 is 6.36 Å². The second-order valence-corrected chi connectivity index (χ2v) is 6.67. The highest BCUT2D eigenvalue weighted by atomic mass is 19.4. The molecule has 0 saturated carbocycles. The number of nitrogens with zero attached hydrogens (tertiary/aromatic N) is 2. The number of aryl methyl sites for hydroxylation is 1. The molecule has 0 aliphatic carbocycles. The molecule has 27 heavy (non-hydrogen) atoms. The van der Waals surface area contributed by atoms with Gasteiger partial charge in [-0.05, 0) is 30.2 Å². The number of hydrogen-bond acceptors (Lipinski definition) is 4. The number of alkyl halides is 3. The van der Waals surface area contributed by atoms with E-state index in [9.17, 15) is 18.0 Å². The van der Waals surface area contributed by atoms with Gasteiger partial charge < -0.3 is 15.4 Å². The molecule has 1 fully saturated rings. The van der Waals surface area contributed by atoms with E-state index in [0.717, 1.165) is 5.56 Å². The summed E-state index contributed by atoms with van der Waals surface area (Å²) in [4.78, 5) is 12.7. The van der Waals surface area contributed by atoms with E-state index in [2.05, 4.69) is 20.5 Å². The van der Waals surface area contributed by atoms with Crippen molar-refractivity contribution < 1.29 is 22.7 Å². The monoisotopic (exact) mass is 382 g/mol. The Morgan fingerprint density at radius 2 is 2.04 bits per heavy atom. The van der Waals surface area contributed by atoms with Crippen molar-refractivity contribution in [2.24, 2.45) is 13.0 Å². The van der Waals surface area contributed by atoms with Gasteiger partial charge in [0.2, 0.25) is 5.91 Å². The molecule has 1 aliphatic heterocycles. The Morgan fingerprint density at radius 1 is 1.33 bits per heavy atom. The van der Waals surface area contributed by atoms with Gasteiger partial charge in [-0.15, -0.1) is 13.2 Å². The van der Waals surface area contributed by atoms with Gasteiger partial charge in [0.05, 0.1) is 18.2 Å². The van der Waals surface area contributed by atoms with Crippen molar-refractivity contribution in [3.8, 4) is 5.75 Å². The number of amides is 1. The third-order valence-electron chi connectivity index (χ3n) is 4.68. The normalized spacial score (nSPS) is 21.1. The van der Waals surface area contributed by atoms with Crippen molar-refractivity contribution >= 4 is 5.91 Å². The first-order valence-electron chi connectivity index (χ1n) is 8.58. The quantitative estimate of drug-likeness (QED) is 0.834. The maximum Gasteiger partial charge on any atom is 0.573 e. The molecule has 146 valence electrons. The number of halogens is 3. The smallest absolute Gasteiger partial charge is 0.406 e. The van der Waals surface area contributed by atoms with Crippen molar-refractivity contribution in [2.75, 3.05) is 13.1 Å². The molecule has 9 heteroatoms. The summed E-state index contributed by atoms with van der Waals surface area (Å²) in [6.07, 6.45) is -1.06. The van der Waals surface area contributed by atoms with Crippen LogP contribution in [0.25, 0.3) is 0 Å². The van der Waals surface area contributed by atoms with Gasteiger partial charge in [-0.3, -0.25) is 9.48 Å². The fraction of sp³-hybridized carbons (Fsp3) is 0.444. The highest BCUT2D eigenvalue weighted by Gasteiger charge is 2.35. The van der Waals surface area contributed by atoms with Crippen LogP contribution in [0, 0.1) is 5.92 Å². The summed E-state index contributed by atoms with van der Waals surface area (Å²) >= 11 is 0. The van der Waals surface area contributed by atoms with Gasteiger partial charge in [0.1, 0.15) is 5.75 Å². The molecule has 3 rings (SSSR count). The van der Waals surface area contributed by atoms with E-state index in [-0.39, 0.29) is 29.5 Å². The van der Waals surface area contributed by atoms with Crippen molar-refractivity contribution in [2.45, 2.75) is 25.2 Å². The van der Waals surface area contributed by atoms with Crippen LogP contribution in [0.3, 0.4) is 0 Å². The van der Waals surface area contributed by atoms with Crippen LogP contribution in [0.1, 0.15) is 30.0 Å². The predicted molar refractivity (Wildman–Crippen MR) is 92.0 cm³/mol. The zero-order chi connectivity index (χ0) is 19.6. The minimum Gasteiger partial charge on any atom is -0.406 e. The summed E-state index contributed by atoms with van der Waals surface area (Å²) in [5.41, 5.74) is 1.70. The number of benzene rings is 1. The first-order chi connectivity index (χ1) is 12.7. The van der Waals surface area contributed by atoms with Crippen molar-refractivity contribution in [1.29, 1.82) is 0 Å². The van der Waals surface area contributed by atoms with Crippen LogP contribution in [-0.2, 0) is 11.8 Å². The molecule has 1 unspecified atom stereocenters. The summed E-state index contributed by atoms with van der Waals surface area (Å²) in [6, 6.07) is 5.16. The summed E-state index contributed by atoms with van der Waals surface area (Å²) in [7, 11) is 1.83. The Balaban J connectivity index is 1.63. The van der Waals surface area contributed by atoms with Crippen LogP contribution in [0.5, 0.6) is 5.75 Å². The molecule has 0 bridgehead atoms. The van der Waals surface area contributed by atoms with Gasteiger partial charge in [-0.25, -0.2) is 0 Å². The standard InChI is InChI=1S/C18H21F3N4O2/c1-11(12-3-5-14(6-4-12)27-18(19,20)21)24-17(26)16-9-22-8-15(16)13-7-23-25(2)10-13/h3-7,10-11,15-16,22H,8-9H2,1-2H3,(H,24,26)/t11?,15-,16+/m1/s1. The number of aromatic nitrogens is 2. The first kappa shape index (κ1) is 19.2. The number of carbonyl (C=O) groups is 1. The van der Waals surface area contributed by atoms with Crippen LogP contribution < -0.4 is 15.4 Å². The molecule has 0 spiro atoms. The number of nitrogens with one attached hydrogen (secondary N) is 2. The molecule has 1 amide bonds. The van der Waals surface area contributed by atoms with Gasteiger partial charge in [-0.1, -0.05) is 12.1 Å². The predicted octanol–water partition coefficient (Wildman–Crippen LogP) is 2.50. The minimum atomic E-state index is -4.72. The highest BCUT2D eigenvalue weighted by molar-refractivity contribution is 5.81. The van der Waals surface area contributed by atoms with E-state index >= 15 is 0 Å². The van der Waals surface area contributed by atoms with Gasteiger partial charge >= 0.3 is 6.36 Å². The lowest BCUT2D eigenvalue weighted by molar-refractivity contribution is -0.274. The van der Waals surface area contributed by atoms with Crippen LogP contribution in [0.15, 0.2) is 36.7 Å². The van der Waals surface area contributed by atoms with Crippen LogP contribution >= 0.6 is 0 Å². The average molecular weight is 382 g/mol. The fourth-order valence-corrected chi connectivity index (χ4v) is 3.30. The van der Waals surface area contributed by atoms with E-state index in [1.807, 2.05) is 13.2 Å². The second-order valence-electron chi connectivity index (χ2n) is 6.67. The minimum absolute atomic E-state index is 0.0356. The number of hydrogen-bond donors (Lipinski definition) is 2. The molecule has 1 aromatic carbocycles. The van der Waals surface area contributed by atoms with Crippen LogP contribution in [0.4, 0.5) is 13.2 Å². The Labute approximate surface area is 154 Å². The Kier molecular flexibility index (Phi) is 5.41. The van der Waals surface area contributed by atoms with Gasteiger partial charge in [0.15, 0.2) is 0 Å². The van der Waals surface area contributed by atoms with Gasteiger partial charge in [0.25, 0.3) is 0 Å². The zero-order valence-corrected chi connectivity index (χ0v) is 15.0. The molecule has 1 saturated heterocycles. The Hall–Kier alpha value is -2.55. The molecule has 2 N–H and O–H groups in total. The highest BCUT2D eigenvalue weighted by Crippen LogP contribution is 2.29. The zero-order valence-electron chi connectivity index (χ0n) is 15.0. The number of carbonyl (C=O) groups excluding carboxylic acids is 1. The largest absolute Gasteiger partial charge is 0.573 e. The van der Waals surface area contributed by atoms with Gasteiger partial charge in [-0.2, -0.15) is 5.10 Å². The lowest BCUT2D eigenvalue weighted by Crippen LogP contribution is -2.36. The molecule has 6 nitrogen and oxygen atoms in total. The summed E-state index contributed by atoms with van der Waals surface area (Å²) in [5, 5.41) is 10.3. The molecular formula is C18H21F3N4O2. The van der Waals surface area contributed by atoms with E-state index in [4.69, 9.17) is 0 Å². The van der Waals surface area contributed by atoms with Crippen LogP contribution in [-0.4, -0.2) is 35.1 Å². The fourth-order valence-electron chi connectivity index (χ4n) is 3.30. The number of rotatable bonds is 5. The second kappa shape index (κ2) is 7.59. The van der Waals surface area contributed by atoms with Crippen molar-refractivity contribution in [3.05, 3.63) is 47.8 Å². The molecule has 2 aromatic rings.